The minimum absolute atomic E-state index is 0.139. The van der Waals surface area contributed by atoms with Gasteiger partial charge in [0.05, 0.1) is 11.9 Å². The van der Waals surface area contributed by atoms with Crippen LogP contribution in [0.1, 0.15) is 10.6 Å². The molecule has 0 spiro atoms. The maximum absolute atomic E-state index is 12.2. The van der Waals surface area contributed by atoms with E-state index in [9.17, 15) is 4.79 Å². The molecule has 0 atom stereocenters. The molecule has 0 fully saturated rings. The highest BCUT2D eigenvalue weighted by atomic mass is 16.5. The van der Waals surface area contributed by atoms with Gasteiger partial charge in [0.25, 0.3) is 5.91 Å². The molecule has 0 unspecified atom stereocenters. The number of hydrogen-bond acceptors (Lipinski definition) is 7. The molecule has 9 heteroatoms. The van der Waals surface area contributed by atoms with Crippen LogP contribution in [-0.4, -0.2) is 35.9 Å². The zero-order chi connectivity index (χ0) is 19.6. The Morgan fingerprint density at radius 2 is 1.90 bits per heavy atom. The predicted molar refractivity (Wildman–Crippen MR) is 104 cm³/mol. The van der Waals surface area contributed by atoms with Gasteiger partial charge in [0.15, 0.2) is 11.5 Å². The van der Waals surface area contributed by atoms with Crippen molar-refractivity contribution in [1.29, 1.82) is 0 Å². The number of nitrogens with zero attached hydrogens (tertiary/aromatic N) is 6. The number of rotatable bonds is 4. The van der Waals surface area contributed by atoms with E-state index in [2.05, 4.69) is 30.8 Å². The first kappa shape index (κ1) is 16.8. The molecule has 0 saturated heterocycles. The second-order valence-electron chi connectivity index (χ2n) is 6.17. The molecule has 5 rings (SSSR count). The van der Waals surface area contributed by atoms with Crippen LogP contribution in [0.25, 0.3) is 28.3 Å². The molecular weight excluding hydrogens is 370 g/mol. The van der Waals surface area contributed by atoms with Crippen LogP contribution >= 0.6 is 0 Å². The zero-order valence-electron chi connectivity index (χ0n) is 14.9. The zero-order valence-corrected chi connectivity index (χ0v) is 14.9. The van der Waals surface area contributed by atoms with E-state index >= 15 is 0 Å². The maximum Gasteiger partial charge on any atom is 0.294 e. The Morgan fingerprint density at radius 1 is 0.966 bits per heavy atom. The lowest BCUT2D eigenvalue weighted by Crippen LogP contribution is -2.10. The average molecular weight is 383 g/mol. The van der Waals surface area contributed by atoms with E-state index in [4.69, 9.17) is 4.52 Å². The number of carbonyl (C=O) groups excluding carboxylic acids is 1. The molecule has 0 aliphatic carbocycles. The average Bonchev–Trinajstić information content (AvgIpc) is 3.44. The Bertz CT molecular complexity index is 1300. The molecule has 9 nitrogen and oxygen atoms in total. The van der Waals surface area contributed by atoms with Gasteiger partial charge in [-0.2, -0.15) is 9.61 Å². The number of carbonyl (C=O) groups is 1. The smallest absolute Gasteiger partial charge is 0.294 e. The van der Waals surface area contributed by atoms with Crippen molar-refractivity contribution in [1.82, 2.24) is 30.0 Å². The lowest BCUT2D eigenvalue weighted by Gasteiger charge is -2.07. The van der Waals surface area contributed by atoms with Crippen LogP contribution in [0.5, 0.6) is 0 Å². The molecule has 4 heterocycles. The summed E-state index contributed by atoms with van der Waals surface area (Å²) in [7, 11) is 0. The normalized spacial score (nSPS) is 10.9. The summed E-state index contributed by atoms with van der Waals surface area (Å²) in [5.74, 6) is 0.367. The summed E-state index contributed by atoms with van der Waals surface area (Å²) in [6.07, 6.45) is 4.83. The van der Waals surface area contributed by atoms with Crippen LogP contribution in [0.4, 0.5) is 5.69 Å². The topological polar surface area (TPSA) is 111 Å². The fourth-order valence-electron chi connectivity index (χ4n) is 2.90. The third-order valence-corrected chi connectivity index (χ3v) is 4.26. The van der Waals surface area contributed by atoms with Crippen LogP contribution in [0, 0.1) is 0 Å². The summed E-state index contributed by atoms with van der Waals surface area (Å²) in [6, 6.07) is 16.3. The van der Waals surface area contributed by atoms with Gasteiger partial charge < -0.3 is 9.84 Å². The molecule has 5 aromatic rings. The van der Waals surface area contributed by atoms with Gasteiger partial charge in [-0.3, -0.25) is 9.78 Å². The molecule has 0 bridgehead atoms. The highest BCUT2D eigenvalue weighted by Gasteiger charge is 2.13. The summed E-state index contributed by atoms with van der Waals surface area (Å²) in [5.41, 5.74) is 3.59. The fourth-order valence-corrected chi connectivity index (χ4v) is 2.90. The van der Waals surface area contributed by atoms with Crippen molar-refractivity contribution < 1.29 is 9.32 Å². The lowest BCUT2D eigenvalue weighted by atomic mass is 10.1. The molecule has 0 radical (unpaired) electrons. The van der Waals surface area contributed by atoms with E-state index in [0.717, 1.165) is 11.1 Å². The van der Waals surface area contributed by atoms with Gasteiger partial charge in [-0.25, -0.2) is 0 Å². The molecule has 0 aliphatic rings. The van der Waals surface area contributed by atoms with Gasteiger partial charge in [0.1, 0.15) is 0 Å². The SMILES string of the molecule is O=C(Nc1cccc(-c2ccc3nnc(-c4cccnc4)n3n2)c1)c1ccno1. The van der Waals surface area contributed by atoms with Crippen LogP contribution in [-0.2, 0) is 0 Å². The Hall–Kier alpha value is -4.40. The first-order valence-corrected chi connectivity index (χ1v) is 8.73. The van der Waals surface area contributed by atoms with Crippen molar-refractivity contribution in [2.45, 2.75) is 0 Å². The van der Waals surface area contributed by atoms with Gasteiger partial charge >= 0.3 is 0 Å². The quantitative estimate of drug-likeness (QED) is 0.507. The van der Waals surface area contributed by atoms with Crippen molar-refractivity contribution >= 4 is 17.2 Å². The van der Waals surface area contributed by atoms with Gasteiger partial charge in [-0.05, 0) is 36.4 Å². The van der Waals surface area contributed by atoms with Gasteiger partial charge in [0.2, 0.25) is 5.76 Å². The molecule has 4 aromatic heterocycles. The number of nitrogens with one attached hydrogen (secondary N) is 1. The van der Waals surface area contributed by atoms with E-state index < -0.39 is 0 Å². The number of hydrogen-bond donors (Lipinski definition) is 1. The summed E-state index contributed by atoms with van der Waals surface area (Å²) in [5, 5.41) is 19.4. The van der Waals surface area contributed by atoms with E-state index in [0.29, 0.717) is 22.9 Å². The number of amides is 1. The summed E-state index contributed by atoms with van der Waals surface area (Å²) < 4.78 is 6.55. The van der Waals surface area contributed by atoms with Gasteiger partial charge in [-0.1, -0.05) is 17.3 Å². The lowest BCUT2D eigenvalue weighted by molar-refractivity contribution is 0.0988. The van der Waals surface area contributed by atoms with Gasteiger partial charge in [-0.15, -0.1) is 10.2 Å². The van der Waals surface area contributed by atoms with Crippen molar-refractivity contribution in [3.63, 3.8) is 0 Å². The number of anilines is 1. The molecule has 0 aliphatic heterocycles. The first-order chi connectivity index (χ1) is 14.3. The molecule has 29 heavy (non-hydrogen) atoms. The van der Waals surface area contributed by atoms with E-state index in [1.165, 1.54) is 12.3 Å². The monoisotopic (exact) mass is 383 g/mol. The first-order valence-electron chi connectivity index (χ1n) is 8.73. The number of fused-ring (bicyclic) bond motifs is 1. The van der Waals surface area contributed by atoms with Crippen LogP contribution in [0.2, 0.25) is 0 Å². The molecule has 0 saturated carbocycles. The Morgan fingerprint density at radius 3 is 2.72 bits per heavy atom. The van der Waals surface area contributed by atoms with Gasteiger partial charge in [0, 0.05) is 35.3 Å². The third-order valence-electron chi connectivity index (χ3n) is 4.26. The maximum atomic E-state index is 12.2. The highest BCUT2D eigenvalue weighted by Crippen LogP contribution is 2.23. The Kier molecular flexibility index (Phi) is 4.02. The van der Waals surface area contributed by atoms with Crippen molar-refractivity contribution in [3.8, 4) is 22.6 Å². The molecule has 1 aromatic carbocycles. The van der Waals surface area contributed by atoms with Crippen LogP contribution < -0.4 is 5.32 Å². The number of pyridine rings is 1. The van der Waals surface area contributed by atoms with Crippen LogP contribution in [0.3, 0.4) is 0 Å². The summed E-state index contributed by atoms with van der Waals surface area (Å²) in [6.45, 7) is 0. The summed E-state index contributed by atoms with van der Waals surface area (Å²) >= 11 is 0. The third kappa shape index (κ3) is 3.21. The minimum atomic E-state index is -0.374. The predicted octanol–water partition coefficient (Wildman–Crippen LogP) is 3.09. The molecule has 1 amide bonds. The molecule has 1 N–H and O–H groups in total. The second-order valence-corrected chi connectivity index (χ2v) is 6.17. The second kappa shape index (κ2) is 6.97. The standard InChI is InChI=1S/C20H13N7O2/c28-20(17-8-10-22-29-17)23-15-5-1-3-13(11-15)16-6-7-18-24-25-19(27(18)26-16)14-4-2-9-21-12-14/h1-12H,(H,23,28). The number of aromatic nitrogens is 6. The molecule has 140 valence electrons. The van der Waals surface area contributed by atoms with E-state index in [1.807, 2.05) is 42.5 Å². The van der Waals surface area contributed by atoms with Crippen LogP contribution in [0.15, 0.2) is 77.7 Å². The van der Waals surface area contributed by atoms with Crippen molar-refractivity contribution in [2.24, 2.45) is 0 Å². The van der Waals surface area contributed by atoms with E-state index in [1.54, 1.807) is 23.0 Å². The highest BCUT2D eigenvalue weighted by molar-refractivity contribution is 6.02. The Labute approximate surface area is 164 Å². The largest absolute Gasteiger partial charge is 0.351 e. The summed E-state index contributed by atoms with van der Waals surface area (Å²) in [4.78, 5) is 16.3. The van der Waals surface area contributed by atoms with Crippen molar-refractivity contribution in [3.05, 3.63) is 78.9 Å². The van der Waals surface area contributed by atoms with Crippen molar-refractivity contribution in [2.75, 3.05) is 5.32 Å². The fraction of sp³-hybridized carbons (Fsp3) is 0. The van der Waals surface area contributed by atoms with E-state index in [-0.39, 0.29) is 11.7 Å². The number of benzene rings is 1. The Balaban J connectivity index is 1.50. The molecular formula is C20H13N7O2. The minimum Gasteiger partial charge on any atom is -0.351 e.